The molecule has 1 fully saturated rings. The molecule has 0 spiro atoms. The monoisotopic (exact) mass is 397 g/mol. The number of likely N-dealkylation sites (tertiary alicyclic amines) is 1. The van der Waals surface area contributed by atoms with Crippen LogP contribution >= 0.6 is 11.6 Å². The standard InChI is InChI=1S/C18H24ClN3O5/c1-10-5-11(17(24)25)9-22(8-10)18(26)20-14-7-12(19)6-13(15(14)27-4)16(23)21(2)3/h6-7,10-11H,5,8-9H2,1-4H3,(H,20,26)(H,24,25). The number of amides is 3. The van der Waals surface area contributed by atoms with Crippen molar-refractivity contribution in [2.75, 3.05) is 39.6 Å². The summed E-state index contributed by atoms with van der Waals surface area (Å²) in [6, 6.07) is 2.51. The molecule has 2 atom stereocenters. The van der Waals surface area contributed by atoms with Crippen molar-refractivity contribution >= 4 is 35.2 Å². The summed E-state index contributed by atoms with van der Waals surface area (Å²) >= 11 is 6.12. The number of carbonyl (C=O) groups excluding carboxylic acids is 2. The second-order valence-corrected chi connectivity index (χ2v) is 7.38. The number of halogens is 1. The summed E-state index contributed by atoms with van der Waals surface area (Å²) < 4.78 is 5.34. The lowest BCUT2D eigenvalue weighted by atomic mass is 9.91. The minimum atomic E-state index is -0.918. The van der Waals surface area contributed by atoms with E-state index < -0.39 is 17.9 Å². The Bertz CT molecular complexity index is 753. The second kappa shape index (κ2) is 8.47. The van der Waals surface area contributed by atoms with Crippen LogP contribution in [0.2, 0.25) is 5.02 Å². The van der Waals surface area contributed by atoms with Crippen molar-refractivity contribution in [1.82, 2.24) is 9.80 Å². The third kappa shape index (κ3) is 4.82. The largest absolute Gasteiger partial charge is 0.494 e. The summed E-state index contributed by atoms with van der Waals surface area (Å²) in [7, 11) is 4.60. The van der Waals surface area contributed by atoms with E-state index in [1.165, 1.54) is 29.0 Å². The molecule has 3 amide bonds. The lowest BCUT2D eigenvalue weighted by Crippen LogP contribution is -2.47. The van der Waals surface area contributed by atoms with Crippen molar-refractivity contribution in [3.05, 3.63) is 22.7 Å². The number of hydrogen-bond donors (Lipinski definition) is 2. The van der Waals surface area contributed by atoms with Gasteiger partial charge < -0.3 is 25.0 Å². The molecule has 1 aliphatic heterocycles. The zero-order valence-corrected chi connectivity index (χ0v) is 16.5. The van der Waals surface area contributed by atoms with Gasteiger partial charge in [0.1, 0.15) is 0 Å². The number of rotatable bonds is 4. The highest BCUT2D eigenvalue weighted by molar-refractivity contribution is 6.31. The number of urea groups is 1. The summed E-state index contributed by atoms with van der Waals surface area (Å²) in [4.78, 5) is 39.2. The Morgan fingerprint density at radius 1 is 1.30 bits per heavy atom. The number of hydrogen-bond acceptors (Lipinski definition) is 4. The minimum absolute atomic E-state index is 0.0673. The molecule has 1 saturated heterocycles. The number of carboxylic acids is 1. The Morgan fingerprint density at radius 2 is 1.96 bits per heavy atom. The zero-order chi connectivity index (χ0) is 20.3. The molecule has 27 heavy (non-hydrogen) atoms. The molecule has 0 aliphatic carbocycles. The Kier molecular flexibility index (Phi) is 6.54. The van der Waals surface area contributed by atoms with Crippen LogP contribution in [0.4, 0.5) is 10.5 Å². The van der Waals surface area contributed by atoms with Gasteiger partial charge in [-0.3, -0.25) is 9.59 Å². The van der Waals surface area contributed by atoms with E-state index in [1.54, 1.807) is 14.1 Å². The normalized spacial score (nSPS) is 19.4. The number of aliphatic carboxylic acids is 1. The van der Waals surface area contributed by atoms with Crippen LogP contribution in [-0.2, 0) is 4.79 Å². The van der Waals surface area contributed by atoms with Gasteiger partial charge in [-0.05, 0) is 24.5 Å². The summed E-state index contributed by atoms with van der Waals surface area (Å²) in [5, 5.41) is 12.2. The van der Waals surface area contributed by atoms with Gasteiger partial charge in [-0.1, -0.05) is 18.5 Å². The fourth-order valence-corrected chi connectivity index (χ4v) is 3.41. The van der Waals surface area contributed by atoms with Crippen molar-refractivity contribution in [3.63, 3.8) is 0 Å². The van der Waals surface area contributed by atoms with Crippen LogP contribution in [0, 0.1) is 11.8 Å². The molecule has 8 nitrogen and oxygen atoms in total. The van der Waals surface area contributed by atoms with E-state index >= 15 is 0 Å². The fraction of sp³-hybridized carbons (Fsp3) is 0.500. The summed E-state index contributed by atoms with van der Waals surface area (Å²) in [6.07, 6.45) is 0.529. The predicted molar refractivity (Wildman–Crippen MR) is 102 cm³/mol. The average Bonchev–Trinajstić information content (AvgIpc) is 2.59. The Labute approximate surface area is 163 Å². The molecule has 0 saturated carbocycles. The lowest BCUT2D eigenvalue weighted by Gasteiger charge is -2.34. The van der Waals surface area contributed by atoms with Crippen molar-refractivity contribution in [2.24, 2.45) is 11.8 Å². The number of anilines is 1. The maximum atomic E-state index is 12.7. The van der Waals surface area contributed by atoms with Gasteiger partial charge in [-0.15, -0.1) is 0 Å². The SMILES string of the molecule is COc1c(NC(=O)N2CC(C)CC(C(=O)O)C2)cc(Cl)cc1C(=O)N(C)C. The van der Waals surface area contributed by atoms with E-state index in [-0.39, 0.29) is 40.4 Å². The highest BCUT2D eigenvalue weighted by atomic mass is 35.5. The molecule has 0 radical (unpaired) electrons. The van der Waals surface area contributed by atoms with E-state index in [9.17, 15) is 19.5 Å². The number of benzene rings is 1. The molecule has 1 aromatic rings. The number of nitrogens with one attached hydrogen (secondary N) is 1. The molecule has 2 unspecified atom stereocenters. The first-order valence-corrected chi connectivity index (χ1v) is 8.89. The molecule has 148 valence electrons. The topological polar surface area (TPSA) is 99.2 Å². The quantitative estimate of drug-likeness (QED) is 0.813. The van der Waals surface area contributed by atoms with Crippen LogP contribution in [0.1, 0.15) is 23.7 Å². The zero-order valence-electron chi connectivity index (χ0n) is 15.8. The van der Waals surface area contributed by atoms with Crippen molar-refractivity contribution in [2.45, 2.75) is 13.3 Å². The molecule has 0 bridgehead atoms. The maximum absolute atomic E-state index is 12.7. The highest BCUT2D eigenvalue weighted by Gasteiger charge is 2.32. The Morgan fingerprint density at radius 3 is 2.52 bits per heavy atom. The van der Waals surface area contributed by atoms with Gasteiger partial charge >= 0.3 is 12.0 Å². The Balaban J connectivity index is 2.29. The summed E-state index contributed by atoms with van der Waals surface area (Å²) in [5.74, 6) is -1.57. The second-order valence-electron chi connectivity index (χ2n) is 6.94. The molecular formula is C18H24ClN3O5. The van der Waals surface area contributed by atoms with Gasteiger partial charge in [0.25, 0.3) is 5.91 Å². The van der Waals surface area contributed by atoms with Crippen molar-refractivity contribution in [1.29, 1.82) is 0 Å². The number of carbonyl (C=O) groups is 3. The van der Waals surface area contributed by atoms with E-state index in [0.717, 1.165) is 0 Å². The first-order chi connectivity index (χ1) is 12.6. The first kappa shape index (κ1) is 20.8. The van der Waals surface area contributed by atoms with E-state index in [1.807, 2.05) is 6.92 Å². The summed E-state index contributed by atoms with van der Waals surface area (Å²) in [6.45, 7) is 2.48. The third-order valence-corrected chi connectivity index (χ3v) is 4.65. The van der Waals surface area contributed by atoms with Crippen LogP contribution in [0.5, 0.6) is 5.75 Å². The number of methoxy groups -OCH3 is 1. The smallest absolute Gasteiger partial charge is 0.321 e. The van der Waals surface area contributed by atoms with Crippen molar-refractivity contribution < 1.29 is 24.2 Å². The van der Waals surface area contributed by atoms with Gasteiger partial charge in [0.2, 0.25) is 0 Å². The number of carboxylic acid groups (broad SMARTS) is 1. The molecule has 1 aliphatic rings. The predicted octanol–water partition coefficient (Wildman–Crippen LogP) is 2.62. The van der Waals surface area contributed by atoms with E-state index in [4.69, 9.17) is 16.3 Å². The van der Waals surface area contributed by atoms with Crippen LogP contribution in [0.3, 0.4) is 0 Å². The number of piperidine rings is 1. The lowest BCUT2D eigenvalue weighted by molar-refractivity contribution is -0.143. The molecule has 0 aromatic heterocycles. The maximum Gasteiger partial charge on any atom is 0.321 e. The molecule has 2 rings (SSSR count). The third-order valence-electron chi connectivity index (χ3n) is 4.43. The van der Waals surface area contributed by atoms with E-state index in [0.29, 0.717) is 13.0 Å². The minimum Gasteiger partial charge on any atom is -0.494 e. The van der Waals surface area contributed by atoms with Crippen LogP contribution < -0.4 is 10.1 Å². The molecule has 9 heteroatoms. The van der Waals surface area contributed by atoms with Crippen LogP contribution in [0.15, 0.2) is 12.1 Å². The summed E-state index contributed by atoms with van der Waals surface area (Å²) in [5.41, 5.74) is 0.478. The van der Waals surface area contributed by atoms with Gasteiger partial charge in [-0.25, -0.2) is 4.79 Å². The van der Waals surface area contributed by atoms with Gasteiger partial charge in [0.15, 0.2) is 5.75 Å². The first-order valence-electron chi connectivity index (χ1n) is 8.52. The Hall–Kier alpha value is -2.48. The van der Waals surface area contributed by atoms with Crippen LogP contribution in [-0.4, -0.2) is 67.1 Å². The van der Waals surface area contributed by atoms with Crippen LogP contribution in [0.25, 0.3) is 0 Å². The van der Waals surface area contributed by atoms with Gasteiger partial charge in [-0.2, -0.15) is 0 Å². The fourth-order valence-electron chi connectivity index (χ4n) is 3.20. The molecule has 1 aromatic carbocycles. The molecule has 1 heterocycles. The molecule has 2 N–H and O–H groups in total. The van der Waals surface area contributed by atoms with Gasteiger partial charge in [0.05, 0.1) is 24.3 Å². The highest BCUT2D eigenvalue weighted by Crippen LogP contribution is 2.34. The van der Waals surface area contributed by atoms with Gasteiger partial charge in [0, 0.05) is 32.2 Å². The number of ether oxygens (including phenoxy) is 1. The average molecular weight is 398 g/mol. The molecular weight excluding hydrogens is 374 g/mol. The number of nitrogens with zero attached hydrogens (tertiary/aromatic N) is 2. The van der Waals surface area contributed by atoms with E-state index in [2.05, 4.69) is 5.32 Å². The van der Waals surface area contributed by atoms with Crippen molar-refractivity contribution in [3.8, 4) is 5.75 Å².